The Balaban J connectivity index is 2.07. The van der Waals surface area contributed by atoms with E-state index in [1.54, 1.807) is 19.6 Å². The van der Waals surface area contributed by atoms with Crippen LogP contribution >= 0.6 is 15.9 Å². The molecule has 1 aromatic heterocycles. The second-order valence-electron chi connectivity index (χ2n) is 4.56. The van der Waals surface area contributed by atoms with Crippen molar-refractivity contribution in [2.75, 3.05) is 7.11 Å². The molecule has 2 atom stereocenters. The number of ether oxygens (including phenoxy) is 1. The first kappa shape index (κ1) is 14.2. The summed E-state index contributed by atoms with van der Waals surface area (Å²) in [4.78, 5) is 0. The second kappa shape index (κ2) is 6.26. The van der Waals surface area contributed by atoms with E-state index in [9.17, 15) is 0 Å². The third kappa shape index (κ3) is 3.39. The SMILES string of the molecule is COc1ccc(C(C)NC(C)c2ccoc2)cc1Br. The lowest BCUT2D eigenvalue weighted by Crippen LogP contribution is -2.22. The summed E-state index contributed by atoms with van der Waals surface area (Å²) in [6.45, 7) is 4.27. The van der Waals surface area contributed by atoms with Gasteiger partial charge in [0.25, 0.3) is 0 Å². The molecule has 0 aliphatic carbocycles. The average molecular weight is 324 g/mol. The monoisotopic (exact) mass is 323 g/mol. The normalized spacial score (nSPS) is 14.1. The van der Waals surface area contributed by atoms with E-state index < -0.39 is 0 Å². The standard InChI is InChI=1S/C15H18BrNO2/c1-10(17-11(2)13-6-7-19-9-13)12-4-5-15(18-3)14(16)8-12/h4-11,17H,1-3H3. The van der Waals surface area contributed by atoms with Gasteiger partial charge in [0.15, 0.2) is 0 Å². The summed E-state index contributed by atoms with van der Waals surface area (Å²) in [5, 5.41) is 3.54. The minimum absolute atomic E-state index is 0.243. The predicted octanol–water partition coefficient (Wildman–Crippen LogP) is 4.46. The maximum absolute atomic E-state index is 5.24. The van der Waals surface area contributed by atoms with Crippen LogP contribution in [0.4, 0.5) is 0 Å². The Kier molecular flexibility index (Phi) is 4.66. The van der Waals surface area contributed by atoms with Gasteiger partial charge in [0.05, 0.1) is 24.1 Å². The minimum atomic E-state index is 0.243. The molecule has 0 spiro atoms. The zero-order valence-electron chi connectivity index (χ0n) is 11.3. The maximum Gasteiger partial charge on any atom is 0.133 e. The van der Waals surface area contributed by atoms with E-state index in [2.05, 4.69) is 47.2 Å². The quantitative estimate of drug-likeness (QED) is 0.881. The molecule has 0 aliphatic heterocycles. The smallest absolute Gasteiger partial charge is 0.133 e. The summed E-state index contributed by atoms with van der Waals surface area (Å²) >= 11 is 3.51. The van der Waals surface area contributed by atoms with Gasteiger partial charge in [-0.3, -0.25) is 0 Å². The van der Waals surface area contributed by atoms with Crippen LogP contribution in [0.5, 0.6) is 5.75 Å². The molecule has 0 aliphatic rings. The molecule has 0 saturated heterocycles. The fourth-order valence-corrected chi connectivity index (χ4v) is 2.60. The van der Waals surface area contributed by atoms with Crippen LogP contribution in [-0.2, 0) is 0 Å². The number of methoxy groups -OCH3 is 1. The van der Waals surface area contributed by atoms with Gasteiger partial charge < -0.3 is 14.5 Å². The van der Waals surface area contributed by atoms with E-state index in [1.807, 2.05) is 12.1 Å². The van der Waals surface area contributed by atoms with E-state index in [1.165, 1.54) is 5.56 Å². The van der Waals surface area contributed by atoms with Gasteiger partial charge >= 0.3 is 0 Å². The summed E-state index contributed by atoms with van der Waals surface area (Å²) in [6, 6.07) is 8.60. The van der Waals surface area contributed by atoms with Gasteiger partial charge in [-0.2, -0.15) is 0 Å². The van der Waals surface area contributed by atoms with E-state index >= 15 is 0 Å². The summed E-state index contributed by atoms with van der Waals surface area (Å²) < 4.78 is 11.3. The summed E-state index contributed by atoms with van der Waals surface area (Å²) in [7, 11) is 1.67. The van der Waals surface area contributed by atoms with Crippen LogP contribution < -0.4 is 10.1 Å². The van der Waals surface area contributed by atoms with Crippen molar-refractivity contribution in [3.8, 4) is 5.75 Å². The van der Waals surface area contributed by atoms with Crippen molar-refractivity contribution < 1.29 is 9.15 Å². The number of furan rings is 1. The van der Waals surface area contributed by atoms with Crippen LogP contribution in [0.25, 0.3) is 0 Å². The lowest BCUT2D eigenvalue weighted by molar-refractivity contribution is 0.411. The Hall–Kier alpha value is -1.26. The van der Waals surface area contributed by atoms with Crippen molar-refractivity contribution in [1.29, 1.82) is 0 Å². The van der Waals surface area contributed by atoms with E-state index in [0.717, 1.165) is 15.8 Å². The molecule has 2 rings (SSSR count). The van der Waals surface area contributed by atoms with Gasteiger partial charge in [-0.1, -0.05) is 6.07 Å². The lowest BCUT2D eigenvalue weighted by atomic mass is 10.1. The third-order valence-corrected chi connectivity index (χ3v) is 3.84. The van der Waals surface area contributed by atoms with Gasteiger partial charge in [-0.25, -0.2) is 0 Å². The average Bonchev–Trinajstić information content (AvgIpc) is 2.92. The topological polar surface area (TPSA) is 34.4 Å². The maximum atomic E-state index is 5.24. The van der Waals surface area contributed by atoms with Gasteiger partial charge in [0, 0.05) is 17.6 Å². The van der Waals surface area contributed by atoms with Crippen molar-refractivity contribution in [3.63, 3.8) is 0 Å². The highest BCUT2D eigenvalue weighted by Gasteiger charge is 2.13. The van der Waals surface area contributed by atoms with Crippen molar-refractivity contribution >= 4 is 15.9 Å². The van der Waals surface area contributed by atoms with E-state index in [-0.39, 0.29) is 12.1 Å². The molecule has 0 saturated carbocycles. The van der Waals surface area contributed by atoms with Crippen molar-refractivity contribution in [1.82, 2.24) is 5.32 Å². The van der Waals surface area contributed by atoms with Gasteiger partial charge in [-0.15, -0.1) is 0 Å². The zero-order valence-corrected chi connectivity index (χ0v) is 12.9. The van der Waals surface area contributed by atoms with Crippen molar-refractivity contribution in [3.05, 3.63) is 52.4 Å². The summed E-state index contributed by atoms with van der Waals surface area (Å²) in [5.41, 5.74) is 2.36. The predicted molar refractivity (Wildman–Crippen MR) is 79.4 cm³/mol. The lowest BCUT2D eigenvalue weighted by Gasteiger charge is -2.20. The number of rotatable bonds is 5. The number of hydrogen-bond donors (Lipinski definition) is 1. The number of hydrogen-bond acceptors (Lipinski definition) is 3. The fraction of sp³-hybridized carbons (Fsp3) is 0.333. The van der Waals surface area contributed by atoms with Gasteiger partial charge in [0.2, 0.25) is 0 Å². The molecular weight excluding hydrogens is 306 g/mol. The molecular formula is C15H18BrNO2. The highest BCUT2D eigenvalue weighted by Crippen LogP contribution is 2.29. The Bertz CT molecular complexity index is 525. The molecule has 3 nitrogen and oxygen atoms in total. The molecule has 1 heterocycles. The molecule has 2 unspecified atom stereocenters. The fourth-order valence-electron chi connectivity index (χ4n) is 2.04. The van der Waals surface area contributed by atoms with Crippen LogP contribution in [0.15, 0.2) is 45.7 Å². The van der Waals surface area contributed by atoms with Crippen LogP contribution in [0.2, 0.25) is 0 Å². The zero-order chi connectivity index (χ0) is 13.8. The molecule has 4 heteroatoms. The van der Waals surface area contributed by atoms with Gasteiger partial charge in [-0.05, 0) is 53.5 Å². The first-order valence-corrected chi connectivity index (χ1v) is 7.02. The molecule has 1 N–H and O–H groups in total. The van der Waals surface area contributed by atoms with Gasteiger partial charge in [0.1, 0.15) is 5.75 Å². The third-order valence-electron chi connectivity index (χ3n) is 3.22. The molecule has 0 radical (unpaired) electrons. The Morgan fingerprint density at radius 2 is 1.89 bits per heavy atom. The molecule has 0 bridgehead atoms. The first-order valence-electron chi connectivity index (χ1n) is 6.23. The van der Waals surface area contributed by atoms with Crippen LogP contribution in [0.1, 0.15) is 37.1 Å². The first-order chi connectivity index (χ1) is 9.11. The second-order valence-corrected chi connectivity index (χ2v) is 5.42. The summed E-state index contributed by atoms with van der Waals surface area (Å²) in [5.74, 6) is 0.846. The highest BCUT2D eigenvalue weighted by atomic mass is 79.9. The van der Waals surface area contributed by atoms with E-state index in [4.69, 9.17) is 9.15 Å². The molecule has 2 aromatic rings. The molecule has 0 amide bonds. The number of nitrogens with one attached hydrogen (secondary N) is 1. The minimum Gasteiger partial charge on any atom is -0.496 e. The van der Waals surface area contributed by atoms with Crippen LogP contribution in [0.3, 0.4) is 0 Å². The van der Waals surface area contributed by atoms with E-state index in [0.29, 0.717) is 0 Å². The van der Waals surface area contributed by atoms with Crippen LogP contribution in [-0.4, -0.2) is 7.11 Å². The highest BCUT2D eigenvalue weighted by molar-refractivity contribution is 9.10. The van der Waals surface area contributed by atoms with Crippen LogP contribution in [0, 0.1) is 0 Å². The Morgan fingerprint density at radius 1 is 1.16 bits per heavy atom. The molecule has 102 valence electrons. The summed E-state index contributed by atoms with van der Waals surface area (Å²) in [6.07, 6.45) is 3.47. The molecule has 0 fully saturated rings. The number of halogens is 1. The molecule has 19 heavy (non-hydrogen) atoms. The Labute approximate surface area is 122 Å². The molecule has 1 aromatic carbocycles. The van der Waals surface area contributed by atoms with Crippen molar-refractivity contribution in [2.24, 2.45) is 0 Å². The van der Waals surface area contributed by atoms with Crippen molar-refractivity contribution in [2.45, 2.75) is 25.9 Å². The number of benzene rings is 1. The Morgan fingerprint density at radius 3 is 2.47 bits per heavy atom. The largest absolute Gasteiger partial charge is 0.496 e.